The lowest BCUT2D eigenvalue weighted by Crippen LogP contribution is -2.28. The second-order valence-corrected chi connectivity index (χ2v) is 7.38. The molecule has 160 valence electrons. The number of carbonyl (C=O) groups excluding carboxylic acids is 1. The Labute approximate surface area is 178 Å². The summed E-state index contributed by atoms with van der Waals surface area (Å²) < 4.78 is 13.1. The average molecular weight is 410 g/mol. The third-order valence-corrected chi connectivity index (χ3v) is 5.04. The number of amides is 1. The van der Waals surface area contributed by atoms with Gasteiger partial charge >= 0.3 is 0 Å². The molecule has 0 fully saturated rings. The van der Waals surface area contributed by atoms with Crippen molar-refractivity contribution >= 4 is 16.9 Å². The molecule has 0 spiro atoms. The molecular formula is C24H31N3O3. The summed E-state index contributed by atoms with van der Waals surface area (Å²) in [5.41, 5.74) is 3.35. The molecule has 1 heterocycles. The number of benzene rings is 2. The first-order valence-corrected chi connectivity index (χ1v) is 10.6. The van der Waals surface area contributed by atoms with Crippen LogP contribution in [0.15, 0.2) is 48.5 Å². The fourth-order valence-electron chi connectivity index (χ4n) is 3.49. The van der Waals surface area contributed by atoms with Gasteiger partial charge in [-0.3, -0.25) is 4.79 Å². The summed E-state index contributed by atoms with van der Waals surface area (Å²) in [6, 6.07) is 16.4. The molecule has 3 aromatic rings. The van der Waals surface area contributed by atoms with Crippen LogP contribution in [0.3, 0.4) is 0 Å². The molecule has 3 rings (SSSR count). The maximum Gasteiger partial charge on any atom is 0.245 e. The molecule has 0 atom stereocenters. The number of unbranched alkanes of at least 4 members (excludes halogenated alkanes) is 1. The molecule has 1 amide bonds. The number of imidazole rings is 1. The molecule has 1 N–H and O–H groups in total. The van der Waals surface area contributed by atoms with Crippen LogP contribution in [0.4, 0.5) is 0 Å². The second-order valence-electron chi connectivity index (χ2n) is 7.38. The van der Waals surface area contributed by atoms with Crippen molar-refractivity contribution in [1.29, 1.82) is 0 Å². The maximum absolute atomic E-state index is 11.5. The monoisotopic (exact) mass is 409 g/mol. The smallest absolute Gasteiger partial charge is 0.245 e. The van der Waals surface area contributed by atoms with E-state index in [2.05, 4.69) is 41.1 Å². The van der Waals surface area contributed by atoms with Crippen LogP contribution < -0.4 is 10.1 Å². The summed E-state index contributed by atoms with van der Waals surface area (Å²) in [6.45, 7) is 4.40. The van der Waals surface area contributed by atoms with E-state index in [1.54, 1.807) is 0 Å². The van der Waals surface area contributed by atoms with E-state index in [-0.39, 0.29) is 12.5 Å². The number of rotatable bonds is 12. The summed E-state index contributed by atoms with van der Waals surface area (Å²) >= 11 is 0. The first-order chi connectivity index (χ1) is 14.7. The molecule has 0 unspecified atom stereocenters. The Bertz CT molecular complexity index is 952. The minimum atomic E-state index is -0.0837. The van der Waals surface area contributed by atoms with E-state index < -0.39 is 0 Å². The minimum absolute atomic E-state index is 0.0837. The Hall–Kier alpha value is -2.86. The first kappa shape index (κ1) is 21.8. The molecule has 0 aliphatic heterocycles. The zero-order valence-corrected chi connectivity index (χ0v) is 17.9. The van der Waals surface area contributed by atoms with E-state index in [1.807, 2.05) is 24.3 Å². The van der Waals surface area contributed by atoms with Crippen LogP contribution in [0.1, 0.15) is 30.7 Å². The standard InChI is InChI=1S/C24H31N3O3/c1-19-10-3-6-13-22(19)30-17-8-7-16-27-21-12-5-4-11-20(21)26-23(27)14-9-15-25-24(28)18-29-2/h3-6,10-13H,7-9,14-18H2,1-2H3,(H,25,28). The van der Waals surface area contributed by atoms with Crippen molar-refractivity contribution in [3.8, 4) is 5.75 Å². The Kier molecular flexibility index (Phi) is 8.27. The van der Waals surface area contributed by atoms with Gasteiger partial charge in [0.25, 0.3) is 0 Å². The van der Waals surface area contributed by atoms with Gasteiger partial charge in [0.15, 0.2) is 0 Å². The third kappa shape index (κ3) is 6.07. The molecule has 0 bridgehead atoms. The lowest BCUT2D eigenvalue weighted by molar-refractivity contribution is -0.124. The van der Waals surface area contributed by atoms with Crippen LogP contribution in [0.5, 0.6) is 5.75 Å². The lowest BCUT2D eigenvalue weighted by atomic mass is 10.2. The molecule has 0 radical (unpaired) electrons. The highest BCUT2D eigenvalue weighted by Crippen LogP contribution is 2.19. The summed E-state index contributed by atoms with van der Waals surface area (Å²) in [7, 11) is 1.52. The maximum atomic E-state index is 11.5. The molecule has 2 aromatic carbocycles. The molecule has 0 aliphatic rings. The topological polar surface area (TPSA) is 65.4 Å². The number of aryl methyl sites for hydroxylation is 3. The number of hydrogen-bond donors (Lipinski definition) is 1. The van der Waals surface area contributed by atoms with Crippen molar-refractivity contribution < 1.29 is 14.3 Å². The first-order valence-electron chi connectivity index (χ1n) is 10.6. The summed E-state index contributed by atoms with van der Waals surface area (Å²) in [5, 5.41) is 2.87. The van der Waals surface area contributed by atoms with Gasteiger partial charge < -0.3 is 19.4 Å². The highest BCUT2D eigenvalue weighted by Gasteiger charge is 2.10. The third-order valence-electron chi connectivity index (χ3n) is 5.04. The average Bonchev–Trinajstić information content (AvgIpc) is 3.10. The van der Waals surface area contributed by atoms with E-state index in [1.165, 1.54) is 7.11 Å². The van der Waals surface area contributed by atoms with Crippen LogP contribution in [-0.4, -0.2) is 42.3 Å². The molecule has 0 saturated carbocycles. The molecule has 6 nitrogen and oxygen atoms in total. The fraction of sp³-hybridized carbons (Fsp3) is 0.417. The number of carbonyl (C=O) groups is 1. The number of nitrogens with one attached hydrogen (secondary N) is 1. The van der Waals surface area contributed by atoms with E-state index in [0.717, 1.165) is 60.4 Å². The Balaban J connectivity index is 1.52. The molecule has 0 saturated heterocycles. The van der Waals surface area contributed by atoms with E-state index in [0.29, 0.717) is 13.2 Å². The van der Waals surface area contributed by atoms with Crippen molar-refractivity contribution in [3.63, 3.8) is 0 Å². The highest BCUT2D eigenvalue weighted by molar-refractivity contribution is 5.77. The summed E-state index contributed by atoms with van der Waals surface area (Å²) in [5.74, 6) is 1.94. The number of ether oxygens (including phenoxy) is 2. The number of aromatic nitrogens is 2. The van der Waals surface area contributed by atoms with Crippen molar-refractivity contribution in [1.82, 2.24) is 14.9 Å². The predicted molar refractivity (Wildman–Crippen MR) is 119 cm³/mol. The van der Waals surface area contributed by atoms with Gasteiger partial charge in [0.2, 0.25) is 5.91 Å². The summed E-state index contributed by atoms with van der Waals surface area (Å²) in [6.07, 6.45) is 3.66. The molecule has 30 heavy (non-hydrogen) atoms. The Morgan fingerprint density at radius 1 is 1.07 bits per heavy atom. The number of para-hydroxylation sites is 3. The lowest BCUT2D eigenvalue weighted by Gasteiger charge is -2.11. The van der Waals surface area contributed by atoms with Crippen molar-refractivity contribution in [3.05, 3.63) is 59.9 Å². The quantitative estimate of drug-likeness (QED) is 0.461. The van der Waals surface area contributed by atoms with Crippen molar-refractivity contribution in [2.75, 3.05) is 26.9 Å². The van der Waals surface area contributed by atoms with Gasteiger partial charge in [0.05, 0.1) is 17.6 Å². The van der Waals surface area contributed by atoms with Crippen molar-refractivity contribution in [2.45, 2.75) is 39.2 Å². The summed E-state index contributed by atoms with van der Waals surface area (Å²) in [4.78, 5) is 16.3. The van der Waals surface area contributed by atoms with E-state index in [4.69, 9.17) is 14.5 Å². The zero-order valence-electron chi connectivity index (χ0n) is 17.9. The zero-order chi connectivity index (χ0) is 21.2. The number of methoxy groups -OCH3 is 1. The second kappa shape index (κ2) is 11.4. The minimum Gasteiger partial charge on any atom is -0.493 e. The SMILES string of the molecule is COCC(=O)NCCCc1nc2ccccc2n1CCCCOc1ccccc1C. The Morgan fingerprint density at radius 3 is 2.70 bits per heavy atom. The number of nitrogens with zero attached hydrogens (tertiary/aromatic N) is 2. The van der Waals surface area contributed by atoms with Gasteiger partial charge in [-0.05, 0) is 49.9 Å². The number of hydrogen-bond acceptors (Lipinski definition) is 4. The van der Waals surface area contributed by atoms with Crippen LogP contribution in [0, 0.1) is 6.92 Å². The largest absolute Gasteiger partial charge is 0.493 e. The fourth-order valence-corrected chi connectivity index (χ4v) is 3.49. The van der Waals surface area contributed by atoms with Gasteiger partial charge in [-0.2, -0.15) is 0 Å². The normalized spacial score (nSPS) is 11.0. The van der Waals surface area contributed by atoms with Gasteiger partial charge in [0.1, 0.15) is 18.2 Å². The molecule has 1 aromatic heterocycles. The van der Waals surface area contributed by atoms with Crippen LogP contribution in [-0.2, 0) is 22.5 Å². The highest BCUT2D eigenvalue weighted by atomic mass is 16.5. The Morgan fingerprint density at radius 2 is 1.87 bits per heavy atom. The van der Waals surface area contributed by atoms with Gasteiger partial charge in [-0.1, -0.05) is 30.3 Å². The van der Waals surface area contributed by atoms with E-state index >= 15 is 0 Å². The molecule has 6 heteroatoms. The van der Waals surface area contributed by atoms with Gasteiger partial charge in [-0.15, -0.1) is 0 Å². The van der Waals surface area contributed by atoms with Crippen molar-refractivity contribution in [2.24, 2.45) is 0 Å². The predicted octanol–water partition coefficient (Wildman–Crippen LogP) is 3.90. The molecular weight excluding hydrogens is 378 g/mol. The van der Waals surface area contributed by atoms with Crippen LogP contribution in [0.2, 0.25) is 0 Å². The van der Waals surface area contributed by atoms with E-state index in [9.17, 15) is 4.79 Å². The van der Waals surface area contributed by atoms with Gasteiger partial charge in [-0.25, -0.2) is 4.98 Å². The van der Waals surface area contributed by atoms with Crippen LogP contribution >= 0.6 is 0 Å². The van der Waals surface area contributed by atoms with Crippen LogP contribution in [0.25, 0.3) is 11.0 Å². The molecule has 0 aliphatic carbocycles. The number of fused-ring (bicyclic) bond motifs is 1. The van der Waals surface area contributed by atoms with Gasteiger partial charge in [0, 0.05) is 26.6 Å².